The van der Waals surface area contributed by atoms with Crippen molar-refractivity contribution in [2.75, 3.05) is 31.9 Å². The first-order valence-electron chi connectivity index (χ1n) is 6.41. The summed E-state index contributed by atoms with van der Waals surface area (Å²) in [7, 11) is -3.49. The standard InChI is InChI=1S/C11H23N3O3S.ClH/c1-3-14(4-2)18(16,17)9-11(15)13-7-5-6-10(12)8-13;/h10H,3-9,12H2,1-2H3;1H. The lowest BCUT2D eigenvalue weighted by molar-refractivity contribution is -0.129. The molecule has 0 aliphatic carbocycles. The number of nitrogens with two attached hydrogens (primary N) is 1. The van der Waals surface area contributed by atoms with Crippen LogP contribution in [0.1, 0.15) is 26.7 Å². The van der Waals surface area contributed by atoms with E-state index in [-0.39, 0.29) is 24.4 Å². The van der Waals surface area contributed by atoms with Gasteiger partial charge in [-0.3, -0.25) is 4.79 Å². The summed E-state index contributed by atoms with van der Waals surface area (Å²) >= 11 is 0. The van der Waals surface area contributed by atoms with Crippen molar-refractivity contribution in [2.45, 2.75) is 32.7 Å². The molecule has 0 radical (unpaired) electrons. The van der Waals surface area contributed by atoms with Crippen LogP contribution in [0.5, 0.6) is 0 Å². The van der Waals surface area contributed by atoms with Crippen LogP contribution in [0.15, 0.2) is 0 Å². The molecule has 1 atom stereocenters. The highest BCUT2D eigenvalue weighted by Crippen LogP contribution is 2.10. The zero-order valence-corrected chi connectivity index (χ0v) is 13.2. The second-order valence-electron chi connectivity index (χ2n) is 4.58. The Bertz CT molecular complexity index is 385. The fraction of sp³-hybridized carbons (Fsp3) is 0.909. The van der Waals surface area contributed by atoms with Gasteiger partial charge in [0.2, 0.25) is 15.9 Å². The number of halogens is 1. The molecule has 2 N–H and O–H groups in total. The van der Waals surface area contributed by atoms with Gasteiger partial charge >= 0.3 is 0 Å². The van der Waals surface area contributed by atoms with Crippen molar-refractivity contribution < 1.29 is 13.2 Å². The van der Waals surface area contributed by atoms with E-state index in [1.807, 2.05) is 0 Å². The van der Waals surface area contributed by atoms with Crippen molar-refractivity contribution in [3.8, 4) is 0 Å². The Morgan fingerprint density at radius 1 is 1.37 bits per heavy atom. The Hall–Kier alpha value is -0.370. The van der Waals surface area contributed by atoms with Crippen LogP contribution in [-0.4, -0.2) is 61.5 Å². The van der Waals surface area contributed by atoms with Crippen molar-refractivity contribution in [3.63, 3.8) is 0 Å². The smallest absolute Gasteiger partial charge is 0.239 e. The summed E-state index contributed by atoms with van der Waals surface area (Å²) < 4.78 is 25.3. The predicted molar refractivity (Wildman–Crippen MR) is 77.7 cm³/mol. The van der Waals surface area contributed by atoms with Crippen molar-refractivity contribution in [2.24, 2.45) is 5.73 Å². The maximum Gasteiger partial charge on any atom is 0.239 e. The fourth-order valence-corrected chi connectivity index (χ4v) is 3.66. The number of amides is 1. The van der Waals surface area contributed by atoms with E-state index in [0.29, 0.717) is 26.2 Å². The number of hydrogen-bond acceptors (Lipinski definition) is 4. The zero-order valence-electron chi connectivity index (χ0n) is 11.5. The molecule has 1 amide bonds. The monoisotopic (exact) mass is 313 g/mol. The summed E-state index contributed by atoms with van der Waals surface area (Å²) in [5.74, 6) is -0.779. The summed E-state index contributed by atoms with van der Waals surface area (Å²) in [5, 5.41) is 0. The second kappa shape index (κ2) is 8.04. The summed E-state index contributed by atoms with van der Waals surface area (Å²) in [6.45, 7) is 5.40. The molecule has 0 aromatic rings. The number of hydrogen-bond donors (Lipinski definition) is 1. The third-order valence-corrected chi connectivity index (χ3v) is 5.13. The van der Waals surface area contributed by atoms with E-state index in [9.17, 15) is 13.2 Å². The molecule has 1 aliphatic heterocycles. The second-order valence-corrected chi connectivity index (χ2v) is 6.55. The molecule has 1 unspecified atom stereocenters. The normalized spacial score (nSPS) is 20.2. The third-order valence-electron chi connectivity index (χ3n) is 3.22. The number of likely N-dealkylation sites (tertiary alicyclic amines) is 1. The Kier molecular flexibility index (Phi) is 7.88. The average molecular weight is 314 g/mol. The Balaban J connectivity index is 0.00000324. The quantitative estimate of drug-likeness (QED) is 0.776. The van der Waals surface area contributed by atoms with Crippen LogP contribution in [0.3, 0.4) is 0 Å². The predicted octanol–water partition coefficient (Wildman–Crippen LogP) is 0.0295. The summed E-state index contributed by atoms with van der Waals surface area (Å²) in [5.41, 5.74) is 5.79. The minimum atomic E-state index is -3.49. The van der Waals surface area contributed by atoms with E-state index in [0.717, 1.165) is 12.8 Å². The van der Waals surface area contributed by atoms with Gasteiger partial charge in [-0.05, 0) is 12.8 Å². The van der Waals surface area contributed by atoms with Crippen LogP contribution < -0.4 is 5.73 Å². The van der Waals surface area contributed by atoms with Crippen LogP contribution in [-0.2, 0) is 14.8 Å². The fourth-order valence-electron chi connectivity index (χ4n) is 2.19. The zero-order chi connectivity index (χ0) is 13.8. The van der Waals surface area contributed by atoms with Crippen LogP contribution in [0, 0.1) is 0 Å². The van der Waals surface area contributed by atoms with Crippen LogP contribution in [0.4, 0.5) is 0 Å². The molecule has 1 rings (SSSR count). The number of piperidine rings is 1. The largest absolute Gasteiger partial charge is 0.340 e. The molecule has 19 heavy (non-hydrogen) atoms. The van der Waals surface area contributed by atoms with Gasteiger partial charge in [0.25, 0.3) is 0 Å². The molecule has 1 saturated heterocycles. The van der Waals surface area contributed by atoms with E-state index >= 15 is 0 Å². The summed E-state index contributed by atoms with van der Waals surface area (Å²) in [6.07, 6.45) is 1.74. The van der Waals surface area contributed by atoms with Gasteiger partial charge in [-0.25, -0.2) is 12.7 Å². The topological polar surface area (TPSA) is 83.7 Å². The van der Waals surface area contributed by atoms with Gasteiger partial charge in [0, 0.05) is 32.2 Å². The van der Waals surface area contributed by atoms with Gasteiger partial charge in [-0.15, -0.1) is 12.4 Å². The minimum absolute atomic E-state index is 0. The van der Waals surface area contributed by atoms with Crippen molar-refractivity contribution in [1.82, 2.24) is 9.21 Å². The van der Waals surface area contributed by atoms with Crippen molar-refractivity contribution in [1.29, 1.82) is 0 Å². The molecule has 0 aromatic carbocycles. The van der Waals surface area contributed by atoms with Gasteiger partial charge in [0.1, 0.15) is 5.75 Å². The molecule has 6 nitrogen and oxygen atoms in total. The molecule has 0 aromatic heterocycles. The van der Waals surface area contributed by atoms with Gasteiger partial charge in [-0.1, -0.05) is 13.8 Å². The van der Waals surface area contributed by atoms with E-state index in [4.69, 9.17) is 5.73 Å². The van der Waals surface area contributed by atoms with Crippen molar-refractivity contribution >= 4 is 28.3 Å². The third kappa shape index (κ3) is 5.25. The Labute approximate surface area is 121 Å². The lowest BCUT2D eigenvalue weighted by atomic mass is 10.1. The van der Waals surface area contributed by atoms with Crippen LogP contribution in [0.25, 0.3) is 0 Å². The van der Waals surface area contributed by atoms with Gasteiger partial charge in [-0.2, -0.15) is 0 Å². The molecule has 1 aliphatic rings. The molecule has 0 spiro atoms. The van der Waals surface area contributed by atoms with E-state index in [2.05, 4.69) is 0 Å². The minimum Gasteiger partial charge on any atom is -0.340 e. The molecule has 0 bridgehead atoms. The Morgan fingerprint density at radius 2 is 1.95 bits per heavy atom. The molecular weight excluding hydrogens is 290 g/mol. The SMILES string of the molecule is CCN(CC)S(=O)(=O)CC(=O)N1CCCC(N)C1.Cl. The first-order valence-corrected chi connectivity index (χ1v) is 8.02. The van der Waals surface area contributed by atoms with Gasteiger partial charge < -0.3 is 10.6 Å². The van der Waals surface area contributed by atoms with E-state index in [1.165, 1.54) is 4.31 Å². The van der Waals surface area contributed by atoms with Crippen LogP contribution >= 0.6 is 12.4 Å². The highest BCUT2D eigenvalue weighted by molar-refractivity contribution is 7.89. The summed E-state index contributed by atoms with van der Waals surface area (Å²) in [6, 6.07) is -0.0288. The molecule has 0 saturated carbocycles. The molecule has 114 valence electrons. The average Bonchev–Trinajstić information content (AvgIpc) is 2.29. The Morgan fingerprint density at radius 3 is 2.42 bits per heavy atom. The molecular formula is C11H24ClN3O3S. The lowest BCUT2D eigenvalue weighted by Gasteiger charge is -2.31. The first kappa shape index (κ1) is 18.6. The summed E-state index contributed by atoms with van der Waals surface area (Å²) in [4.78, 5) is 13.5. The lowest BCUT2D eigenvalue weighted by Crippen LogP contribution is -2.48. The van der Waals surface area contributed by atoms with Gasteiger partial charge in [0.05, 0.1) is 0 Å². The first-order chi connectivity index (χ1) is 8.40. The number of rotatable bonds is 5. The number of sulfonamides is 1. The molecule has 1 fully saturated rings. The maximum absolute atomic E-state index is 12.0. The highest BCUT2D eigenvalue weighted by atomic mass is 35.5. The van der Waals surface area contributed by atoms with Crippen molar-refractivity contribution in [3.05, 3.63) is 0 Å². The van der Waals surface area contributed by atoms with Gasteiger partial charge in [0.15, 0.2) is 0 Å². The highest BCUT2D eigenvalue weighted by Gasteiger charge is 2.28. The van der Waals surface area contributed by atoms with Crippen LogP contribution in [0.2, 0.25) is 0 Å². The number of carbonyl (C=O) groups excluding carboxylic acids is 1. The van der Waals surface area contributed by atoms with E-state index in [1.54, 1.807) is 18.7 Å². The number of nitrogens with zero attached hydrogens (tertiary/aromatic N) is 2. The molecule has 8 heteroatoms. The number of carbonyl (C=O) groups is 1. The molecule has 1 heterocycles. The maximum atomic E-state index is 12.0. The van der Waals surface area contributed by atoms with E-state index < -0.39 is 15.8 Å².